The smallest absolute Gasteiger partial charge is 0.262 e. The van der Waals surface area contributed by atoms with Crippen molar-refractivity contribution in [3.8, 4) is 0 Å². The summed E-state index contributed by atoms with van der Waals surface area (Å²) < 4.78 is 32.8. The fourth-order valence-corrected chi connectivity index (χ4v) is 5.64. The normalized spacial score (nSPS) is 11.8. The summed E-state index contributed by atoms with van der Waals surface area (Å²) in [4.78, 5) is 30.3. The van der Waals surface area contributed by atoms with Gasteiger partial charge in [0.1, 0.15) is 10.7 Å². The third kappa shape index (κ3) is 5.60. The fourth-order valence-electron chi connectivity index (χ4n) is 3.28. The van der Waals surface area contributed by atoms with E-state index < -0.39 is 15.9 Å². The number of halogens is 2. The number of aromatic nitrogens is 2. The summed E-state index contributed by atoms with van der Waals surface area (Å²) in [5.74, 6) is 0.0181. The summed E-state index contributed by atoms with van der Waals surface area (Å²) in [6.07, 6.45) is 1.51. The summed E-state index contributed by atoms with van der Waals surface area (Å²) in [7, 11) is -1.03. The summed E-state index contributed by atoms with van der Waals surface area (Å²) in [5.41, 5.74) is 0.367. The van der Waals surface area contributed by atoms with E-state index in [0.29, 0.717) is 26.8 Å². The van der Waals surface area contributed by atoms with E-state index in [2.05, 4.69) is 10.3 Å². The van der Waals surface area contributed by atoms with Crippen LogP contribution in [0, 0.1) is 0 Å². The van der Waals surface area contributed by atoms with Crippen LogP contribution >= 0.6 is 35.0 Å². The molecule has 2 aromatic heterocycles. The second-order valence-corrected chi connectivity index (χ2v) is 11.7. The Bertz CT molecular complexity index is 1600. The second kappa shape index (κ2) is 10.7. The first kappa shape index (κ1) is 26.2. The fraction of sp³-hybridized carbons (Fsp3) is 0.174. The number of carbonyl (C=O) groups is 1. The molecule has 4 rings (SSSR count). The Morgan fingerprint density at radius 3 is 2.64 bits per heavy atom. The minimum absolute atomic E-state index is 0.0389. The van der Waals surface area contributed by atoms with Crippen LogP contribution in [0.4, 0.5) is 5.69 Å². The van der Waals surface area contributed by atoms with Crippen LogP contribution in [-0.4, -0.2) is 48.0 Å². The Balaban J connectivity index is 1.59. The molecule has 2 heterocycles. The summed E-state index contributed by atoms with van der Waals surface area (Å²) in [6.45, 7) is 0.129. The monoisotopic (exact) mass is 566 g/mol. The Morgan fingerprint density at radius 2 is 1.94 bits per heavy atom. The van der Waals surface area contributed by atoms with Crippen molar-refractivity contribution in [2.24, 2.45) is 0 Å². The summed E-state index contributed by atoms with van der Waals surface area (Å²) in [6, 6.07) is 12.4. The topological polar surface area (TPSA) is 115 Å². The minimum atomic E-state index is -3.80. The van der Waals surface area contributed by atoms with Gasteiger partial charge in [-0.1, -0.05) is 35.0 Å². The lowest BCUT2D eigenvalue weighted by Gasteiger charge is -2.14. The van der Waals surface area contributed by atoms with E-state index in [1.165, 1.54) is 43.1 Å². The van der Waals surface area contributed by atoms with Gasteiger partial charge < -0.3 is 9.73 Å². The zero-order chi connectivity index (χ0) is 26.0. The molecular formula is C23H20Cl2N4O5S2. The average Bonchev–Trinajstić information content (AvgIpc) is 3.34. The molecule has 188 valence electrons. The number of amides is 1. The second-order valence-electron chi connectivity index (χ2n) is 7.80. The van der Waals surface area contributed by atoms with Crippen molar-refractivity contribution in [2.75, 3.05) is 25.2 Å². The van der Waals surface area contributed by atoms with E-state index in [-0.39, 0.29) is 33.5 Å². The quantitative estimate of drug-likeness (QED) is 0.249. The van der Waals surface area contributed by atoms with Crippen LogP contribution in [0.25, 0.3) is 10.9 Å². The third-order valence-electron chi connectivity index (χ3n) is 5.08. The Kier molecular flexibility index (Phi) is 7.76. The van der Waals surface area contributed by atoms with Crippen LogP contribution in [0.3, 0.4) is 0 Å². The Labute approximate surface area is 221 Å². The van der Waals surface area contributed by atoms with Crippen molar-refractivity contribution in [2.45, 2.75) is 16.6 Å². The molecule has 0 fully saturated rings. The molecule has 4 aromatic rings. The first-order valence-electron chi connectivity index (χ1n) is 10.4. The maximum absolute atomic E-state index is 13.2. The largest absolute Gasteiger partial charge is 0.467 e. The lowest BCUT2D eigenvalue weighted by atomic mass is 10.2. The number of hydrogen-bond donors (Lipinski definition) is 1. The van der Waals surface area contributed by atoms with E-state index in [4.69, 9.17) is 27.6 Å². The van der Waals surface area contributed by atoms with Gasteiger partial charge in [0.2, 0.25) is 15.9 Å². The van der Waals surface area contributed by atoms with Gasteiger partial charge in [-0.25, -0.2) is 17.7 Å². The molecule has 1 N–H and O–H groups in total. The molecule has 9 nitrogen and oxygen atoms in total. The predicted octanol–water partition coefficient (Wildman–Crippen LogP) is 4.33. The predicted molar refractivity (Wildman–Crippen MR) is 141 cm³/mol. The van der Waals surface area contributed by atoms with E-state index in [1.807, 2.05) is 0 Å². The van der Waals surface area contributed by atoms with Crippen molar-refractivity contribution >= 4 is 67.5 Å². The van der Waals surface area contributed by atoms with Crippen molar-refractivity contribution in [1.29, 1.82) is 0 Å². The summed E-state index contributed by atoms with van der Waals surface area (Å²) in [5, 5.41) is 3.81. The molecule has 0 aliphatic heterocycles. The molecule has 2 aromatic carbocycles. The first-order valence-corrected chi connectivity index (χ1v) is 13.6. The van der Waals surface area contributed by atoms with Crippen LogP contribution in [0.5, 0.6) is 0 Å². The molecule has 0 radical (unpaired) electrons. The molecule has 0 saturated carbocycles. The first-order chi connectivity index (χ1) is 17.1. The molecule has 0 aliphatic carbocycles. The number of anilines is 1. The van der Waals surface area contributed by atoms with Gasteiger partial charge in [-0.3, -0.25) is 14.2 Å². The standard InChI is InChI=1S/C23H20Cl2N4O5S2/c1-28(2)36(32,33)20-11-15(6-8-18(20)25)26-21(30)13-35-23-27-19-10-14(24)5-7-17(19)22(31)29(23)12-16-4-3-9-34-16/h3-11H,12-13H2,1-2H3,(H,26,30). The van der Waals surface area contributed by atoms with Crippen LogP contribution in [0.2, 0.25) is 10.0 Å². The van der Waals surface area contributed by atoms with Crippen molar-refractivity contribution in [1.82, 2.24) is 13.9 Å². The maximum Gasteiger partial charge on any atom is 0.262 e. The highest BCUT2D eigenvalue weighted by atomic mass is 35.5. The lowest BCUT2D eigenvalue weighted by Crippen LogP contribution is -2.25. The van der Waals surface area contributed by atoms with Gasteiger partial charge in [0.15, 0.2) is 5.16 Å². The maximum atomic E-state index is 13.2. The number of thioether (sulfide) groups is 1. The SMILES string of the molecule is CN(C)S(=O)(=O)c1cc(NC(=O)CSc2nc3cc(Cl)ccc3c(=O)n2Cc2ccco2)ccc1Cl. The number of furan rings is 1. The lowest BCUT2D eigenvalue weighted by molar-refractivity contribution is -0.113. The highest BCUT2D eigenvalue weighted by Gasteiger charge is 2.22. The van der Waals surface area contributed by atoms with Crippen molar-refractivity contribution in [3.05, 3.63) is 81.0 Å². The number of benzene rings is 2. The van der Waals surface area contributed by atoms with Gasteiger partial charge >= 0.3 is 0 Å². The van der Waals surface area contributed by atoms with Gasteiger partial charge in [0.05, 0.1) is 34.5 Å². The van der Waals surface area contributed by atoms with Gasteiger partial charge in [-0.2, -0.15) is 0 Å². The molecule has 0 unspecified atom stereocenters. The number of sulfonamides is 1. The van der Waals surface area contributed by atoms with Crippen LogP contribution in [0.1, 0.15) is 5.76 Å². The minimum Gasteiger partial charge on any atom is -0.467 e. The van der Waals surface area contributed by atoms with Gasteiger partial charge in [0.25, 0.3) is 5.56 Å². The van der Waals surface area contributed by atoms with E-state index >= 15 is 0 Å². The number of hydrogen-bond acceptors (Lipinski definition) is 7. The zero-order valence-electron chi connectivity index (χ0n) is 19.1. The molecular weight excluding hydrogens is 547 g/mol. The van der Waals surface area contributed by atoms with Crippen molar-refractivity contribution < 1.29 is 17.6 Å². The molecule has 0 saturated heterocycles. The Hall–Kier alpha value is -2.83. The number of nitrogens with zero attached hydrogens (tertiary/aromatic N) is 3. The highest BCUT2D eigenvalue weighted by Crippen LogP contribution is 2.27. The van der Waals surface area contributed by atoms with Crippen LogP contribution < -0.4 is 10.9 Å². The van der Waals surface area contributed by atoms with Gasteiger partial charge in [-0.15, -0.1) is 0 Å². The molecule has 36 heavy (non-hydrogen) atoms. The van der Waals surface area contributed by atoms with E-state index in [9.17, 15) is 18.0 Å². The van der Waals surface area contributed by atoms with E-state index in [0.717, 1.165) is 16.1 Å². The molecule has 0 spiro atoms. The molecule has 13 heteroatoms. The number of nitrogens with one attached hydrogen (secondary N) is 1. The molecule has 0 atom stereocenters. The third-order valence-corrected chi connectivity index (χ3v) is 8.59. The number of carbonyl (C=O) groups excluding carboxylic acids is 1. The average molecular weight is 567 g/mol. The molecule has 0 aliphatic rings. The summed E-state index contributed by atoms with van der Waals surface area (Å²) >= 11 is 13.2. The molecule has 1 amide bonds. The van der Waals surface area contributed by atoms with Gasteiger partial charge in [0, 0.05) is 24.8 Å². The number of fused-ring (bicyclic) bond motifs is 1. The van der Waals surface area contributed by atoms with Crippen LogP contribution in [0.15, 0.2) is 74.1 Å². The number of rotatable bonds is 8. The van der Waals surface area contributed by atoms with Crippen LogP contribution in [-0.2, 0) is 21.4 Å². The zero-order valence-corrected chi connectivity index (χ0v) is 22.2. The van der Waals surface area contributed by atoms with Gasteiger partial charge in [-0.05, 0) is 48.5 Å². The van der Waals surface area contributed by atoms with Crippen molar-refractivity contribution in [3.63, 3.8) is 0 Å². The Morgan fingerprint density at radius 1 is 1.17 bits per heavy atom. The molecule has 0 bridgehead atoms. The highest BCUT2D eigenvalue weighted by molar-refractivity contribution is 7.99. The van der Waals surface area contributed by atoms with E-state index in [1.54, 1.807) is 30.3 Å².